The molecule has 0 aliphatic carbocycles. The summed E-state index contributed by atoms with van der Waals surface area (Å²) in [6.45, 7) is 3.47. The van der Waals surface area contributed by atoms with Gasteiger partial charge in [-0.1, -0.05) is 53.8 Å². The van der Waals surface area contributed by atoms with Gasteiger partial charge in [0.2, 0.25) is 10.0 Å². The minimum absolute atomic E-state index is 0.00146. The molecule has 0 bridgehead atoms. The second-order valence-corrected chi connectivity index (χ2v) is 7.31. The first-order chi connectivity index (χ1) is 11.4. The molecule has 0 unspecified atom stereocenters. The minimum Gasteiger partial charge on any atom is -0.295 e. The molecule has 1 N–H and O–H groups in total. The fourth-order valence-corrected chi connectivity index (χ4v) is 3.17. The Kier molecular flexibility index (Phi) is 5.91. The maximum absolute atomic E-state index is 12.0. The molecule has 2 aromatic rings. The van der Waals surface area contributed by atoms with Crippen LogP contribution in [-0.4, -0.2) is 20.7 Å². The lowest BCUT2D eigenvalue weighted by atomic mass is 10.1. The molecule has 4 nitrogen and oxygen atoms in total. The molecule has 2 aromatic carbocycles. The van der Waals surface area contributed by atoms with Crippen LogP contribution in [0.25, 0.3) is 0 Å². The molecule has 5 heteroatoms. The van der Waals surface area contributed by atoms with Gasteiger partial charge >= 0.3 is 0 Å². The normalized spacial score (nSPS) is 10.8. The third kappa shape index (κ3) is 5.65. The van der Waals surface area contributed by atoms with E-state index < -0.39 is 10.0 Å². The number of nitrogens with one attached hydrogen (secondary N) is 1. The molecule has 0 spiro atoms. The predicted octanol–water partition coefficient (Wildman–Crippen LogP) is 2.67. The van der Waals surface area contributed by atoms with Gasteiger partial charge in [0.1, 0.15) is 0 Å². The average molecular weight is 341 g/mol. The third-order valence-electron chi connectivity index (χ3n) is 3.34. The van der Waals surface area contributed by atoms with Crippen molar-refractivity contribution in [3.8, 4) is 11.8 Å². The van der Waals surface area contributed by atoms with E-state index in [1.165, 1.54) is 6.92 Å². The van der Waals surface area contributed by atoms with Crippen LogP contribution >= 0.6 is 0 Å². The zero-order valence-corrected chi connectivity index (χ0v) is 14.5. The van der Waals surface area contributed by atoms with Crippen molar-refractivity contribution in [3.05, 3.63) is 70.8 Å². The van der Waals surface area contributed by atoms with Gasteiger partial charge in [0.15, 0.2) is 5.78 Å². The second kappa shape index (κ2) is 7.91. The van der Waals surface area contributed by atoms with Crippen molar-refractivity contribution in [2.75, 3.05) is 6.54 Å². The summed E-state index contributed by atoms with van der Waals surface area (Å²) in [6.07, 6.45) is 0. The van der Waals surface area contributed by atoms with Crippen LogP contribution in [0, 0.1) is 18.8 Å². The van der Waals surface area contributed by atoms with Gasteiger partial charge in [0.05, 0.1) is 12.3 Å². The lowest BCUT2D eigenvalue weighted by Gasteiger charge is -2.04. The van der Waals surface area contributed by atoms with Gasteiger partial charge in [0.25, 0.3) is 0 Å². The van der Waals surface area contributed by atoms with Crippen LogP contribution < -0.4 is 4.72 Å². The Morgan fingerprint density at radius 2 is 1.83 bits per heavy atom. The molecule has 0 aliphatic heterocycles. The molecular formula is C19H19NO3S. The Morgan fingerprint density at radius 1 is 1.12 bits per heavy atom. The highest BCUT2D eigenvalue weighted by Gasteiger charge is 2.10. The first kappa shape index (κ1) is 17.9. The number of rotatable bonds is 5. The van der Waals surface area contributed by atoms with Gasteiger partial charge in [0, 0.05) is 11.1 Å². The summed E-state index contributed by atoms with van der Waals surface area (Å²) in [5.74, 6) is 5.58. The molecule has 0 atom stereocenters. The van der Waals surface area contributed by atoms with E-state index in [1.54, 1.807) is 30.3 Å². The van der Waals surface area contributed by atoms with E-state index in [1.807, 2.05) is 25.1 Å². The molecule has 0 saturated carbocycles. The second-order valence-electron chi connectivity index (χ2n) is 5.50. The fourth-order valence-electron chi connectivity index (χ4n) is 2.15. The zero-order chi connectivity index (χ0) is 17.6. The Hall–Kier alpha value is -2.42. The van der Waals surface area contributed by atoms with Crippen molar-refractivity contribution in [3.63, 3.8) is 0 Å². The first-order valence-corrected chi connectivity index (χ1v) is 9.14. The van der Waals surface area contributed by atoms with Crippen LogP contribution in [0.2, 0.25) is 0 Å². The van der Waals surface area contributed by atoms with E-state index in [2.05, 4.69) is 16.6 Å². The van der Waals surface area contributed by atoms with Crippen LogP contribution in [0.5, 0.6) is 0 Å². The van der Waals surface area contributed by atoms with Crippen LogP contribution in [0.1, 0.15) is 34.0 Å². The van der Waals surface area contributed by atoms with Crippen LogP contribution in [-0.2, 0) is 15.8 Å². The Labute approximate surface area is 143 Å². The molecule has 0 saturated heterocycles. The van der Waals surface area contributed by atoms with Gasteiger partial charge in [-0.05, 0) is 31.5 Å². The van der Waals surface area contributed by atoms with E-state index in [0.29, 0.717) is 5.56 Å². The SMILES string of the molecule is CC(=O)c1ccc(C#CCNS(=O)(=O)Cc2cccc(C)c2)cc1. The van der Waals surface area contributed by atoms with E-state index in [9.17, 15) is 13.2 Å². The molecule has 0 heterocycles. The number of aryl methyl sites for hydroxylation is 1. The van der Waals surface area contributed by atoms with Gasteiger partial charge in [-0.15, -0.1) is 0 Å². The molecule has 2 rings (SSSR count). The Morgan fingerprint density at radius 3 is 2.46 bits per heavy atom. The number of ketones is 1. The van der Waals surface area contributed by atoms with E-state index in [0.717, 1.165) is 16.7 Å². The molecule has 24 heavy (non-hydrogen) atoms. The van der Waals surface area contributed by atoms with Gasteiger partial charge in [-0.2, -0.15) is 0 Å². The summed E-state index contributed by atoms with van der Waals surface area (Å²) in [5, 5.41) is 0. The summed E-state index contributed by atoms with van der Waals surface area (Å²) in [7, 11) is -3.42. The zero-order valence-electron chi connectivity index (χ0n) is 13.7. The number of benzene rings is 2. The molecule has 0 radical (unpaired) electrons. The quantitative estimate of drug-likeness (QED) is 0.672. The summed E-state index contributed by atoms with van der Waals surface area (Å²) < 4.78 is 26.5. The maximum Gasteiger partial charge on any atom is 0.216 e. The van der Waals surface area contributed by atoms with Gasteiger partial charge in [-0.25, -0.2) is 13.1 Å². The van der Waals surface area contributed by atoms with Crippen LogP contribution in [0.3, 0.4) is 0 Å². The number of carbonyl (C=O) groups is 1. The number of sulfonamides is 1. The lowest BCUT2D eigenvalue weighted by molar-refractivity contribution is 0.101. The summed E-state index contributed by atoms with van der Waals surface area (Å²) >= 11 is 0. The smallest absolute Gasteiger partial charge is 0.216 e. The monoisotopic (exact) mass is 341 g/mol. The largest absolute Gasteiger partial charge is 0.295 e. The van der Waals surface area contributed by atoms with Crippen molar-refractivity contribution in [2.24, 2.45) is 0 Å². The molecule has 0 aromatic heterocycles. The first-order valence-electron chi connectivity index (χ1n) is 7.48. The molecule has 0 amide bonds. The van der Waals surface area contributed by atoms with Gasteiger partial charge < -0.3 is 0 Å². The number of hydrogen-bond acceptors (Lipinski definition) is 3. The summed E-state index contributed by atoms with van der Waals surface area (Å²) in [5.41, 5.74) is 3.13. The van der Waals surface area contributed by atoms with Crippen molar-refractivity contribution >= 4 is 15.8 Å². The lowest BCUT2D eigenvalue weighted by Crippen LogP contribution is -2.25. The molecule has 0 aliphatic rings. The van der Waals surface area contributed by atoms with Crippen molar-refractivity contribution in [2.45, 2.75) is 19.6 Å². The minimum atomic E-state index is -3.42. The summed E-state index contributed by atoms with van der Waals surface area (Å²) in [4.78, 5) is 11.2. The number of hydrogen-bond donors (Lipinski definition) is 1. The highest BCUT2D eigenvalue weighted by atomic mass is 32.2. The van der Waals surface area contributed by atoms with Crippen molar-refractivity contribution in [1.82, 2.24) is 4.72 Å². The molecule has 0 fully saturated rings. The standard InChI is InChI=1S/C19H19NO3S/c1-15-5-3-6-18(13-15)14-24(22,23)20-12-4-7-17-8-10-19(11-9-17)16(2)21/h3,5-6,8-11,13,20H,12,14H2,1-2H3. The van der Waals surface area contributed by atoms with Crippen LogP contribution in [0.4, 0.5) is 0 Å². The maximum atomic E-state index is 12.0. The highest BCUT2D eigenvalue weighted by molar-refractivity contribution is 7.88. The van der Waals surface area contributed by atoms with E-state index >= 15 is 0 Å². The highest BCUT2D eigenvalue weighted by Crippen LogP contribution is 2.07. The Balaban J connectivity index is 1.92. The van der Waals surface area contributed by atoms with E-state index in [-0.39, 0.29) is 18.1 Å². The predicted molar refractivity (Wildman–Crippen MR) is 95.1 cm³/mol. The van der Waals surface area contributed by atoms with Crippen LogP contribution in [0.15, 0.2) is 48.5 Å². The summed E-state index contributed by atoms with van der Waals surface area (Å²) in [6, 6.07) is 14.3. The molecular weight excluding hydrogens is 322 g/mol. The third-order valence-corrected chi connectivity index (χ3v) is 4.64. The number of carbonyl (C=O) groups excluding carboxylic acids is 1. The Bertz CT molecular complexity index is 888. The fraction of sp³-hybridized carbons (Fsp3) is 0.211. The van der Waals surface area contributed by atoms with Crippen molar-refractivity contribution in [1.29, 1.82) is 0 Å². The molecule has 124 valence electrons. The average Bonchev–Trinajstić information content (AvgIpc) is 2.51. The van der Waals surface area contributed by atoms with Crippen molar-refractivity contribution < 1.29 is 13.2 Å². The number of Topliss-reactive ketones (excluding diaryl/α,β-unsaturated/α-hetero) is 1. The van der Waals surface area contributed by atoms with Gasteiger partial charge in [-0.3, -0.25) is 4.79 Å². The van der Waals surface area contributed by atoms with E-state index in [4.69, 9.17) is 0 Å². The topological polar surface area (TPSA) is 63.2 Å².